The number of nitrogens with one attached hydrogen (secondary N) is 1. The lowest BCUT2D eigenvalue weighted by atomic mass is 10.1. The predicted molar refractivity (Wildman–Crippen MR) is 87.3 cm³/mol. The smallest absolute Gasteiger partial charge is 0.240 e. The maximum absolute atomic E-state index is 12.2. The normalized spacial score (nSPS) is 15.0. The summed E-state index contributed by atoms with van der Waals surface area (Å²) in [6.07, 6.45) is 4.44. The van der Waals surface area contributed by atoms with Crippen LogP contribution < -0.4 is 10.2 Å². The predicted octanol–water partition coefficient (Wildman–Crippen LogP) is 3.17. The number of amides is 2. The maximum atomic E-state index is 12.2. The zero-order chi connectivity index (χ0) is 15.4. The molecule has 1 aliphatic carbocycles. The van der Waals surface area contributed by atoms with E-state index in [9.17, 15) is 9.59 Å². The molecule has 0 unspecified atom stereocenters. The van der Waals surface area contributed by atoms with E-state index in [1.54, 1.807) is 0 Å². The number of hydrogen-bond donors (Lipinski definition) is 1. The molecule has 0 spiro atoms. The standard InChI is InChI=1S/C16H21BrN2O2/c1-11-9-13(17)7-8-15(11)19(12(2)20)10-16(21)18-14-5-3-4-6-14/h7-9,14H,3-6,10H2,1-2H3,(H,18,21). The number of aryl methyl sites for hydroxylation is 1. The van der Waals surface area contributed by atoms with Gasteiger partial charge in [-0.3, -0.25) is 9.59 Å². The summed E-state index contributed by atoms with van der Waals surface area (Å²) in [5, 5.41) is 3.02. The van der Waals surface area contributed by atoms with Crippen LogP contribution >= 0.6 is 15.9 Å². The van der Waals surface area contributed by atoms with E-state index in [1.165, 1.54) is 24.7 Å². The number of carbonyl (C=O) groups excluding carboxylic acids is 2. The van der Waals surface area contributed by atoms with Crippen molar-refractivity contribution in [2.45, 2.75) is 45.6 Å². The van der Waals surface area contributed by atoms with E-state index in [4.69, 9.17) is 0 Å². The molecule has 0 aromatic heterocycles. The van der Waals surface area contributed by atoms with E-state index in [1.807, 2.05) is 25.1 Å². The summed E-state index contributed by atoms with van der Waals surface area (Å²) in [7, 11) is 0. The molecular formula is C16H21BrN2O2. The van der Waals surface area contributed by atoms with Crippen molar-refractivity contribution in [1.29, 1.82) is 0 Å². The maximum Gasteiger partial charge on any atom is 0.240 e. The highest BCUT2D eigenvalue weighted by Crippen LogP contribution is 2.24. The van der Waals surface area contributed by atoms with Gasteiger partial charge in [0.2, 0.25) is 11.8 Å². The topological polar surface area (TPSA) is 49.4 Å². The number of hydrogen-bond acceptors (Lipinski definition) is 2. The lowest BCUT2D eigenvalue weighted by Crippen LogP contribution is -2.43. The van der Waals surface area contributed by atoms with E-state index in [0.717, 1.165) is 28.6 Å². The number of rotatable bonds is 4. The van der Waals surface area contributed by atoms with Crippen LogP contribution in [-0.2, 0) is 9.59 Å². The molecule has 0 aliphatic heterocycles. The van der Waals surface area contributed by atoms with Gasteiger partial charge >= 0.3 is 0 Å². The Morgan fingerprint density at radius 2 is 2.00 bits per heavy atom. The Morgan fingerprint density at radius 1 is 1.33 bits per heavy atom. The van der Waals surface area contributed by atoms with Gasteiger partial charge in [0.05, 0.1) is 0 Å². The number of carbonyl (C=O) groups is 2. The van der Waals surface area contributed by atoms with Crippen LogP contribution in [0.4, 0.5) is 5.69 Å². The first-order valence-electron chi connectivity index (χ1n) is 7.31. The summed E-state index contributed by atoms with van der Waals surface area (Å²) in [4.78, 5) is 25.6. The highest BCUT2D eigenvalue weighted by atomic mass is 79.9. The summed E-state index contributed by atoms with van der Waals surface area (Å²) >= 11 is 3.41. The Morgan fingerprint density at radius 3 is 2.57 bits per heavy atom. The molecular weight excluding hydrogens is 332 g/mol. The second kappa shape index (κ2) is 7.07. The second-order valence-corrected chi connectivity index (χ2v) is 6.50. The van der Waals surface area contributed by atoms with Crippen molar-refractivity contribution in [2.75, 3.05) is 11.4 Å². The minimum Gasteiger partial charge on any atom is -0.352 e. The molecule has 0 bridgehead atoms. The third-order valence-corrected chi connectivity index (χ3v) is 4.35. The Hall–Kier alpha value is -1.36. The zero-order valence-electron chi connectivity index (χ0n) is 12.5. The molecule has 1 fully saturated rings. The first-order valence-corrected chi connectivity index (χ1v) is 8.10. The van der Waals surface area contributed by atoms with Crippen molar-refractivity contribution in [3.63, 3.8) is 0 Å². The molecule has 0 saturated heterocycles. The van der Waals surface area contributed by atoms with Gasteiger partial charge in [0.1, 0.15) is 6.54 Å². The number of anilines is 1. The summed E-state index contributed by atoms with van der Waals surface area (Å²) in [6, 6.07) is 5.97. The van der Waals surface area contributed by atoms with Crippen molar-refractivity contribution in [3.8, 4) is 0 Å². The molecule has 1 N–H and O–H groups in total. The highest BCUT2D eigenvalue weighted by Gasteiger charge is 2.21. The lowest BCUT2D eigenvalue weighted by Gasteiger charge is -2.23. The SMILES string of the molecule is CC(=O)N(CC(=O)NC1CCCC1)c1ccc(Br)cc1C. The average molecular weight is 353 g/mol. The molecule has 1 saturated carbocycles. The minimum absolute atomic E-state index is 0.0777. The second-order valence-electron chi connectivity index (χ2n) is 5.58. The molecule has 5 heteroatoms. The van der Waals surface area contributed by atoms with E-state index in [0.29, 0.717) is 0 Å². The fourth-order valence-electron chi connectivity index (χ4n) is 2.77. The Balaban J connectivity index is 2.08. The van der Waals surface area contributed by atoms with Gasteiger partial charge in [-0.2, -0.15) is 0 Å². The largest absolute Gasteiger partial charge is 0.352 e. The van der Waals surface area contributed by atoms with Crippen LogP contribution in [0.2, 0.25) is 0 Å². The molecule has 4 nitrogen and oxygen atoms in total. The molecule has 1 aromatic carbocycles. The van der Waals surface area contributed by atoms with Crippen molar-refractivity contribution >= 4 is 33.4 Å². The minimum atomic E-state index is -0.123. The summed E-state index contributed by atoms with van der Waals surface area (Å²) in [6.45, 7) is 3.50. The molecule has 2 amide bonds. The number of benzene rings is 1. The van der Waals surface area contributed by atoms with Crippen LogP contribution in [0, 0.1) is 6.92 Å². The zero-order valence-corrected chi connectivity index (χ0v) is 14.1. The fourth-order valence-corrected chi connectivity index (χ4v) is 3.25. The van der Waals surface area contributed by atoms with Gasteiger partial charge in [-0.1, -0.05) is 28.8 Å². The van der Waals surface area contributed by atoms with Gasteiger partial charge in [-0.15, -0.1) is 0 Å². The third kappa shape index (κ3) is 4.30. The van der Waals surface area contributed by atoms with Crippen molar-refractivity contribution < 1.29 is 9.59 Å². The number of halogens is 1. The summed E-state index contributed by atoms with van der Waals surface area (Å²) < 4.78 is 0.961. The van der Waals surface area contributed by atoms with E-state index < -0.39 is 0 Å². The van der Waals surface area contributed by atoms with Gasteiger partial charge in [-0.25, -0.2) is 0 Å². The fraction of sp³-hybridized carbons (Fsp3) is 0.500. The quantitative estimate of drug-likeness (QED) is 0.904. The first kappa shape index (κ1) is 16.0. The van der Waals surface area contributed by atoms with Crippen molar-refractivity contribution in [1.82, 2.24) is 5.32 Å². The van der Waals surface area contributed by atoms with E-state index in [2.05, 4.69) is 21.2 Å². The molecule has 1 aromatic rings. The van der Waals surface area contributed by atoms with Crippen LogP contribution in [0.1, 0.15) is 38.2 Å². The molecule has 0 heterocycles. The van der Waals surface area contributed by atoms with Gasteiger partial charge in [0, 0.05) is 23.1 Å². The first-order chi connectivity index (χ1) is 9.97. The summed E-state index contributed by atoms with van der Waals surface area (Å²) in [5.74, 6) is -0.207. The van der Waals surface area contributed by atoms with Crippen LogP contribution in [0.15, 0.2) is 22.7 Å². The monoisotopic (exact) mass is 352 g/mol. The Bertz CT molecular complexity index is 539. The van der Waals surface area contributed by atoms with Crippen LogP contribution in [0.3, 0.4) is 0 Å². The van der Waals surface area contributed by atoms with Gasteiger partial charge < -0.3 is 10.2 Å². The molecule has 0 atom stereocenters. The molecule has 2 rings (SSSR count). The number of nitrogens with zero attached hydrogens (tertiary/aromatic N) is 1. The molecule has 21 heavy (non-hydrogen) atoms. The van der Waals surface area contributed by atoms with E-state index in [-0.39, 0.29) is 24.4 Å². The highest BCUT2D eigenvalue weighted by molar-refractivity contribution is 9.10. The van der Waals surface area contributed by atoms with E-state index >= 15 is 0 Å². The lowest BCUT2D eigenvalue weighted by molar-refractivity contribution is -0.123. The van der Waals surface area contributed by atoms with Gasteiger partial charge in [0.15, 0.2) is 0 Å². The van der Waals surface area contributed by atoms with Gasteiger partial charge in [-0.05, 0) is 43.5 Å². The Kier molecular flexibility index (Phi) is 5.39. The van der Waals surface area contributed by atoms with Crippen molar-refractivity contribution in [2.24, 2.45) is 0 Å². The van der Waals surface area contributed by atoms with Crippen LogP contribution in [0.25, 0.3) is 0 Å². The third-order valence-electron chi connectivity index (χ3n) is 3.85. The molecule has 1 aliphatic rings. The van der Waals surface area contributed by atoms with Crippen LogP contribution in [0.5, 0.6) is 0 Å². The molecule has 114 valence electrons. The summed E-state index contributed by atoms with van der Waals surface area (Å²) in [5.41, 5.74) is 1.75. The average Bonchev–Trinajstić information content (AvgIpc) is 2.89. The molecule has 0 radical (unpaired) electrons. The Labute approximate surface area is 134 Å². The van der Waals surface area contributed by atoms with Crippen molar-refractivity contribution in [3.05, 3.63) is 28.2 Å². The van der Waals surface area contributed by atoms with Gasteiger partial charge in [0.25, 0.3) is 0 Å². The van der Waals surface area contributed by atoms with Crippen LogP contribution in [-0.4, -0.2) is 24.4 Å².